The number of nitrogens with one attached hydrogen (secondary N) is 2. The molecule has 0 aliphatic rings. The molecule has 2 aromatic rings. The lowest BCUT2D eigenvalue weighted by molar-refractivity contribution is -0.131. The fraction of sp³-hybridized carbons (Fsp3) is 0.200. The van der Waals surface area contributed by atoms with Crippen molar-refractivity contribution in [2.75, 3.05) is 32.6 Å². The molecule has 0 atom stereocenters. The van der Waals surface area contributed by atoms with E-state index in [0.29, 0.717) is 10.6 Å². The number of nitrogens with zero attached hydrogens (tertiary/aromatic N) is 1. The fourth-order valence-corrected chi connectivity index (χ4v) is 2.28. The minimum atomic E-state index is -0.786. The number of halogens is 1. The van der Waals surface area contributed by atoms with Crippen LogP contribution in [0.2, 0.25) is 5.02 Å². The molecule has 0 saturated carbocycles. The van der Waals surface area contributed by atoms with Crippen LogP contribution in [0.15, 0.2) is 48.5 Å². The van der Waals surface area contributed by atoms with Crippen molar-refractivity contribution < 1.29 is 23.9 Å². The lowest BCUT2D eigenvalue weighted by atomic mass is 10.1. The van der Waals surface area contributed by atoms with Gasteiger partial charge in [-0.05, 0) is 36.4 Å². The maximum atomic E-state index is 12.4. The molecule has 8 nitrogen and oxygen atoms in total. The first-order chi connectivity index (χ1) is 13.8. The van der Waals surface area contributed by atoms with Gasteiger partial charge in [0.25, 0.3) is 11.8 Å². The lowest BCUT2D eigenvalue weighted by Gasteiger charge is -2.12. The van der Waals surface area contributed by atoms with Gasteiger partial charge in [-0.3, -0.25) is 14.4 Å². The summed E-state index contributed by atoms with van der Waals surface area (Å²) in [7, 11) is 3.12. The molecule has 0 heterocycles. The van der Waals surface area contributed by atoms with Crippen molar-refractivity contribution in [3.05, 3.63) is 64.7 Å². The summed E-state index contributed by atoms with van der Waals surface area (Å²) in [6.07, 6.45) is 0. The first-order valence-corrected chi connectivity index (χ1v) is 8.95. The number of hydrogen-bond acceptors (Lipinski definition) is 5. The van der Waals surface area contributed by atoms with Crippen molar-refractivity contribution in [3.8, 4) is 0 Å². The molecule has 0 unspecified atom stereocenters. The van der Waals surface area contributed by atoms with Gasteiger partial charge in [0.15, 0.2) is 6.61 Å². The second-order valence-electron chi connectivity index (χ2n) is 6.15. The Balaban J connectivity index is 1.97. The third kappa shape index (κ3) is 6.62. The van der Waals surface area contributed by atoms with Crippen LogP contribution in [0.5, 0.6) is 0 Å². The number of rotatable bonds is 7. The number of esters is 1. The average Bonchev–Trinajstić information content (AvgIpc) is 2.70. The van der Waals surface area contributed by atoms with Crippen LogP contribution < -0.4 is 10.6 Å². The zero-order valence-electron chi connectivity index (χ0n) is 15.9. The van der Waals surface area contributed by atoms with E-state index in [2.05, 4.69) is 10.6 Å². The number of ether oxygens (including phenoxy) is 1. The van der Waals surface area contributed by atoms with Gasteiger partial charge < -0.3 is 20.3 Å². The quantitative estimate of drug-likeness (QED) is 0.670. The summed E-state index contributed by atoms with van der Waals surface area (Å²) in [5.41, 5.74) is 0.690. The highest BCUT2D eigenvalue weighted by atomic mass is 35.5. The van der Waals surface area contributed by atoms with Crippen LogP contribution in [0, 0.1) is 0 Å². The van der Waals surface area contributed by atoms with Gasteiger partial charge in [0, 0.05) is 24.7 Å². The molecular weight excluding hydrogens is 398 g/mol. The predicted molar refractivity (Wildman–Crippen MR) is 108 cm³/mol. The summed E-state index contributed by atoms with van der Waals surface area (Å²) >= 11 is 5.81. The summed E-state index contributed by atoms with van der Waals surface area (Å²) < 4.78 is 4.98. The van der Waals surface area contributed by atoms with E-state index < -0.39 is 24.4 Å². The first-order valence-electron chi connectivity index (χ1n) is 8.58. The van der Waals surface area contributed by atoms with Crippen LogP contribution in [-0.4, -0.2) is 55.8 Å². The molecule has 2 N–H and O–H groups in total. The molecule has 0 spiro atoms. The smallest absolute Gasteiger partial charge is 0.340 e. The molecule has 0 radical (unpaired) electrons. The number of carbonyl (C=O) groups is 4. The minimum absolute atomic E-state index is 0.0898. The Kier molecular flexibility index (Phi) is 7.73. The van der Waals surface area contributed by atoms with Crippen LogP contribution in [0.3, 0.4) is 0 Å². The van der Waals surface area contributed by atoms with Crippen molar-refractivity contribution in [1.82, 2.24) is 10.2 Å². The van der Waals surface area contributed by atoms with Crippen LogP contribution in [0.25, 0.3) is 0 Å². The second-order valence-corrected chi connectivity index (χ2v) is 6.58. The van der Waals surface area contributed by atoms with E-state index in [1.807, 2.05) is 0 Å². The number of benzene rings is 2. The van der Waals surface area contributed by atoms with Gasteiger partial charge in [0.2, 0.25) is 5.91 Å². The lowest BCUT2D eigenvalue weighted by Crippen LogP contribution is -2.38. The van der Waals surface area contributed by atoms with Gasteiger partial charge in [0.05, 0.1) is 17.8 Å². The van der Waals surface area contributed by atoms with Crippen molar-refractivity contribution in [2.45, 2.75) is 0 Å². The molecule has 0 fully saturated rings. The van der Waals surface area contributed by atoms with E-state index >= 15 is 0 Å². The van der Waals surface area contributed by atoms with Crippen LogP contribution >= 0.6 is 11.6 Å². The van der Waals surface area contributed by atoms with Gasteiger partial charge in [-0.1, -0.05) is 23.7 Å². The Morgan fingerprint density at radius 1 is 1.00 bits per heavy atom. The van der Waals surface area contributed by atoms with E-state index in [1.54, 1.807) is 56.6 Å². The molecule has 9 heteroatoms. The Morgan fingerprint density at radius 2 is 1.66 bits per heavy atom. The molecule has 29 heavy (non-hydrogen) atoms. The summed E-state index contributed by atoms with van der Waals surface area (Å²) in [5.74, 6) is -2.12. The monoisotopic (exact) mass is 417 g/mol. The molecule has 0 aliphatic carbocycles. The van der Waals surface area contributed by atoms with Crippen molar-refractivity contribution in [3.63, 3.8) is 0 Å². The maximum Gasteiger partial charge on any atom is 0.340 e. The highest BCUT2D eigenvalue weighted by Crippen LogP contribution is 2.18. The van der Waals surface area contributed by atoms with Crippen molar-refractivity contribution in [1.29, 1.82) is 0 Å². The summed E-state index contributed by atoms with van der Waals surface area (Å²) in [6, 6.07) is 12.5. The maximum absolute atomic E-state index is 12.4. The minimum Gasteiger partial charge on any atom is -0.452 e. The number of carbonyl (C=O) groups excluding carboxylic acids is 4. The molecular formula is C20H20ClN3O5. The summed E-state index contributed by atoms with van der Waals surface area (Å²) in [5, 5.41) is 5.49. The molecule has 3 amide bonds. The van der Waals surface area contributed by atoms with Crippen molar-refractivity contribution >= 4 is 41.0 Å². The second kappa shape index (κ2) is 10.2. The number of anilines is 1. The van der Waals surface area contributed by atoms with E-state index in [-0.39, 0.29) is 23.7 Å². The topological polar surface area (TPSA) is 105 Å². The molecule has 152 valence electrons. The number of hydrogen-bond donors (Lipinski definition) is 2. The SMILES string of the molecule is CN(C)C(=O)CNC(=O)COC(=O)c1ccccc1NC(=O)c1ccc(Cl)cc1. The van der Waals surface area contributed by atoms with Crippen LogP contribution in [-0.2, 0) is 14.3 Å². The highest BCUT2D eigenvalue weighted by molar-refractivity contribution is 6.30. The Labute approximate surface area is 172 Å². The third-order valence-corrected chi connectivity index (χ3v) is 4.02. The van der Waals surface area contributed by atoms with Gasteiger partial charge in [0.1, 0.15) is 0 Å². The van der Waals surface area contributed by atoms with Crippen molar-refractivity contribution in [2.24, 2.45) is 0 Å². The van der Waals surface area contributed by atoms with Crippen LogP contribution in [0.4, 0.5) is 5.69 Å². The zero-order chi connectivity index (χ0) is 21.4. The number of amides is 3. The largest absolute Gasteiger partial charge is 0.452 e. The highest BCUT2D eigenvalue weighted by Gasteiger charge is 2.17. The van der Waals surface area contributed by atoms with Gasteiger partial charge >= 0.3 is 5.97 Å². The first kappa shape index (κ1) is 21.9. The average molecular weight is 418 g/mol. The molecule has 2 aromatic carbocycles. The standard InChI is InChI=1S/C20H20ClN3O5/c1-24(2)18(26)11-22-17(25)12-29-20(28)15-5-3-4-6-16(15)23-19(27)13-7-9-14(21)10-8-13/h3-10H,11-12H2,1-2H3,(H,22,25)(H,23,27). The van der Waals surface area contributed by atoms with Gasteiger partial charge in [-0.15, -0.1) is 0 Å². The van der Waals surface area contributed by atoms with Crippen LogP contribution in [0.1, 0.15) is 20.7 Å². The molecule has 0 saturated heterocycles. The Morgan fingerprint density at radius 3 is 2.31 bits per heavy atom. The predicted octanol–water partition coefficient (Wildman–Crippen LogP) is 1.95. The zero-order valence-corrected chi connectivity index (χ0v) is 16.7. The number of likely N-dealkylation sites (N-methyl/N-ethyl adjacent to an activating group) is 1. The Bertz CT molecular complexity index is 913. The van der Waals surface area contributed by atoms with E-state index in [1.165, 1.54) is 11.0 Å². The van der Waals surface area contributed by atoms with Gasteiger partial charge in [-0.25, -0.2) is 4.79 Å². The fourth-order valence-electron chi connectivity index (χ4n) is 2.16. The number of para-hydroxylation sites is 1. The molecule has 2 rings (SSSR count). The summed E-state index contributed by atoms with van der Waals surface area (Å²) in [6.45, 7) is -0.754. The molecule has 0 aromatic heterocycles. The molecule has 0 bridgehead atoms. The van der Waals surface area contributed by atoms with E-state index in [9.17, 15) is 19.2 Å². The third-order valence-electron chi connectivity index (χ3n) is 3.77. The Hall–Kier alpha value is -3.39. The van der Waals surface area contributed by atoms with E-state index in [0.717, 1.165) is 0 Å². The van der Waals surface area contributed by atoms with E-state index in [4.69, 9.17) is 16.3 Å². The summed E-state index contributed by atoms with van der Waals surface area (Å²) in [4.78, 5) is 49.2. The normalized spacial score (nSPS) is 10.0. The molecule has 0 aliphatic heterocycles. The van der Waals surface area contributed by atoms with Gasteiger partial charge in [-0.2, -0.15) is 0 Å².